The number of aliphatic hydroxyl groups excluding tert-OH is 1. The summed E-state index contributed by atoms with van der Waals surface area (Å²) >= 11 is 6.92. The molecule has 0 saturated carbocycles. The van der Waals surface area contributed by atoms with Crippen molar-refractivity contribution in [3.8, 4) is 0 Å². The predicted molar refractivity (Wildman–Crippen MR) is 70.7 cm³/mol. The van der Waals surface area contributed by atoms with E-state index < -0.39 is 0 Å². The highest BCUT2D eigenvalue weighted by Gasteiger charge is 2.08. The SMILES string of the molecule is Cn1c(CO)cnc1SCc1sccc1Br. The molecule has 0 fully saturated rings. The van der Waals surface area contributed by atoms with Crippen molar-refractivity contribution in [2.24, 2.45) is 7.05 Å². The first-order valence-electron chi connectivity index (χ1n) is 4.68. The molecule has 6 heteroatoms. The minimum Gasteiger partial charge on any atom is -0.390 e. The monoisotopic (exact) mass is 318 g/mol. The molecule has 16 heavy (non-hydrogen) atoms. The third kappa shape index (κ3) is 2.51. The molecule has 0 aromatic carbocycles. The molecule has 0 bridgehead atoms. The Bertz CT molecular complexity index is 481. The summed E-state index contributed by atoms with van der Waals surface area (Å²) in [5.74, 6) is 0.897. The van der Waals surface area contributed by atoms with Crippen molar-refractivity contribution in [2.45, 2.75) is 17.5 Å². The molecule has 0 radical (unpaired) electrons. The summed E-state index contributed by atoms with van der Waals surface area (Å²) in [6, 6.07) is 2.05. The third-order valence-corrected chi connectivity index (χ3v) is 5.41. The molecule has 0 aliphatic carbocycles. The molecular weight excluding hydrogens is 308 g/mol. The van der Waals surface area contributed by atoms with E-state index in [0.717, 1.165) is 21.1 Å². The molecule has 2 rings (SSSR count). The van der Waals surface area contributed by atoms with Gasteiger partial charge in [0, 0.05) is 22.2 Å². The first-order valence-corrected chi connectivity index (χ1v) is 7.34. The van der Waals surface area contributed by atoms with Gasteiger partial charge in [-0.2, -0.15) is 0 Å². The Balaban J connectivity index is 2.05. The van der Waals surface area contributed by atoms with Gasteiger partial charge >= 0.3 is 0 Å². The van der Waals surface area contributed by atoms with E-state index in [9.17, 15) is 0 Å². The maximum absolute atomic E-state index is 9.05. The fourth-order valence-corrected chi connectivity index (χ4v) is 4.03. The average Bonchev–Trinajstić information content (AvgIpc) is 2.83. The number of thioether (sulfide) groups is 1. The quantitative estimate of drug-likeness (QED) is 0.880. The molecule has 2 aromatic heterocycles. The Kier molecular flexibility index (Phi) is 4.07. The standard InChI is InChI=1S/C10H11BrN2OS2/c1-13-7(5-14)4-12-10(13)16-6-9-8(11)2-3-15-9/h2-4,14H,5-6H2,1H3. The molecule has 0 amide bonds. The Labute approximate surface area is 111 Å². The lowest BCUT2D eigenvalue weighted by atomic mass is 10.5. The first-order chi connectivity index (χ1) is 7.72. The number of imidazole rings is 1. The molecule has 0 unspecified atom stereocenters. The van der Waals surface area contributed by atoms with Gasteiger partial charge in [-0.3, -0.25) is 0 Å². The zero-order valence-corrected chi connectivity index (χ0v) is 11.9. The van der Waals surface area contributed by atoms with Crippen molar-refractivity contribution < 1.29 is 5.11 Å². The van der Waals surface area contributed by atoms with Crippen LogP contribution >= 0.6 is 39.0 Å². The van der Waals surface area contributed by atoms with Crippen LogP contribution in [-0.4, -0.2) is 14.7 Å². The Morgan fingerprint density at radius 1 is 1.62 bits per heavy atom. The normalized spacial score (nSPS) is 10.9. The van der Waals surface area contributed by atoms with Gasteiger partial charge in [0.05, 0.1) is 18.5 Å². The predicted octanol–water partition coefficient (Wildman–Crippen LogP) is 3.03. The summed E-state index contributed by atoms with van der Waals surface area (Å²) in [5, 5.41) is 12.1. The van der Waals surface area contributed by atoms with Crippen LogP contribution in [0.2, 0.25) is 0 Å². The zero-order chi connectivity index (χ0) is 11.5. The van der Waals surface area contributed by atoms with Gasteiger partial charge in [0.15, 0.2) is 5.16 Å². The second-order valence-electron chi connectivity index (χ2n) is 3.23. The van der Waals surface area contributed by atoms with Gasteiger partial charge in [0.2, 0.25) is 0 Å². The molecule has 3 nitrogen and oxygen atoms in total. The van der Waals surface area contributed by atoms with Crippen molar-refractivity contribution in [3.05, 3.63) is 32.7 Å². The highest BCUT2D eigenvalue weighted by atomic mass is 79.9. The molecule has 0 atom stereocenters. The molecular formula is C10H11BrN2OS2. The smallest absolute Gasteiger partial charge is 0.168 e. The second-order valence-corrected chi connectivity index (χ2v) is 6.03. The summed E-state index contributed by atoms with van der Waals surface area (Å²) < 4.78 is 3.08. The highest BCUT2D eigenvalue weighted by molar-refractivity contribution is 9.10. The highest BCUT2D eigenvalue weighted by Crippen LogP contribution is 2.30. The number of nitrogens with zero attached hydrogens (tertiary/aromatic N) is 2. The van der Waals surface area contributed by atoms with Gasteiger partial charge in [0.1, 0.15) is 0 Å². The molecule has 0 saturated heterocycles. The molecule has 0 spiro atoms. The molecule has 2 aromatic rings. The van der Waals surface area contributed by atoms with Gasteiger partial charge in [-0.05, 0) is 27.4 Å². The molecule has 0 aliphatic rings. The minimum atomic E-state index is 0.0345. The van der Waals surface area contributed by atoms with E-state index in [-0.39, 0.29) is 6.61 Å². The summed E-state index contributed by atoms with van der Waals surface area (Å²) in [4.78, 5) is 5.58. The van der Waals surface area contributed by atoms with Gasteiger partial charge in [0.25, 0.3) is 0 Å². The molecule has 2 heterocycles. The lowest BCUT2D eigenvalue weighted by Crippen LogP contribution is -1.97. The number of aliphatic hydroxyl groups is 1. The van der Waals surface area contributed by atoms with Crippen molar-refractivity contribution in [1.29, 1.82) is 0 Å². The Hall–Kier alpha value is -0.300. The van der Waals surface area contributed by atoms with Crippen LogP contribution in [-0.2, 0) is 19.4 Å². The largest absolute Gasteiger partial charge is 0.390 e. The van der Waals surface area contributed by atoms with Gasteiger partial charge < -0.3 is 9.67 Å². The molecule has 86 valence electrons. The van der Waals surface area contributed by atoms with Crippen molar-refractivity contribution in [1.82, 2.24) is 9.55 Å². The van der Waals surface area contributed by atoms with Crippen LogP contribution in [0.3, 0.4) is 0 Å². The van der Waals surface area contributed by atoms with Crippen LogP contribution in [0.25, 0.3) is 0 Å². The van der Waals surface area contributed by atoms with Crippen LogP contribution in [0.4, 0.5) is 0 Å². The van der Waals surface area contributed by atoms with Gasteiger partial charge in [-0.25, -0.2) is 4.98 Å². The van der Waals surface area contributed by atoms with E-state index in [4.69, 9.17) is 5.11 Å². The number of halogens is 1. The molecule has 0 aliphatic heterocycles. The number of hydrogen-bond acceptors (Lipinski definition) is 4. The fraction of sp³-hybridized carbons (Fsp3) is 0.300. The van der Waals surface area contributed by atoms with E-state index in [0.29, 0.717) is 0 Å². The van der Waals surface area contributed by atoms with Crippen LogP contribution in [0, 0.1) is 0 Å². The zero-order valence-electron chi connectivity index (χ0n) is 8.68. The van der Waals surface area contributed by atoms with Crippen LogP contribution < -0.4 is 0 Å². The third-order valence-electron chi connectivity index (χ3n) is 2.23. The van der Waals surface area contributed by atoms with E-state index >= 15 is 0 Å². The number of rotatable bonds is 4. The minimum absolute atomic E-state index is 0.0345. The van der Waals surface area contributed by atoms with Gasteiger partial charge in [-0.1, -0.05) is 11.8 Å². The lowest BCUT2D eigenvalue weighted by molar-refractivity contribution is 0.271. The Morgan fingerprint density at radius 3 is 3.00 bits per heavy atom. The first kappa shape index (κ1) is 12.2. The fourth-order valence-electron chi connectivity index (χ4n) is 1.26. The van der Waals surface area contributed by atoms with Crippen molar-refractivity contribution in [2.75, 3.05) is 0 Å². The topological polar surface area (TPSA) is 38.0 Å². The van der Waals surface area contributed by atoms with Gasteiger partial charge in [-0.15, -0.1) is 11.3 Å². The Morgan fingerprint density at radius 2 is 2.44 bits per heavy atom. The van der Waals surface area contributed by atoms with Crippen LogP contribution in [0.1, 0.15) is 10.6 Å². The van der Waals surface area contributed by atoms with Crippen LogP contribution in [0.5, 0.6) is 0 Å². The summed E-state index contributed by atoms with van der Waals surface area (Å²) in [6.45, 7) is 0.0345. The molecule has 1 N–H and O–H groups in total. The van der Waals surface area contributed by atoms with E-state index in [1.807, 2.05) is 11.6 Å². The lowest BCUT2D eigenvalue weighted by Gasteiger charge is -2.03. The summed E-state index contributed by atoms with van der Waals surface area (Å²) in [6.07, 6.45) is 1.71. The van der Waals surface area contributed by atoms with E-state index in [2.05, 4.69) is 32.4 Å². The number of thiophene rings is 1. The van der Waals surface area contributed by atoms with Crippen molar-refractivity contribution >= 4 is 39.0 Å². The summed E-state index contributed by atoms with van der Waals surface area (Å²) in [7, 11) is 1.92. The number of hydrogen-bond donors (Lipinski definition) is 1. The van der Waals surface area contributed by atoms with E-state index in [1.54, 1.807) is 29.3 Å². The van der Waals surface area contributed by atoms with Crippen LogP contribution in [0.15, 0.2) is 27.3 Å². The number of aromatic nitrogens is 2. The van der Waals surface area contributed by atoms with E-state index in [1.165, 1.54) is 4.88 Å². The van der Waals surface area contributed by atoms with Crippen molar-refractivity contribution in [3.63, 3.8) is 0 Å². The average molecular weight is 319 g/mol. The maximum Gasteiger partial charge on any atom is 0.168 e. The summed E-state index contributed by atoms with van der Waals surface area (Å²) in [5.41, 5.74) is 0.841. The maximum atomic E-state index is 9.05. The second kappa shape index (κ2) is 5.35.